The quantitative estimate of drug-likeness (QED) is 0.576. The van der Waals surface area contributed by atoms with E-state index in [2.05, 4.69) is 6.07 Å². The molecule has 117 valence electrons. The number of halogens is 1. The first-order valence-corrected chi connectivity index (χ1v) is 7.66. The first-order valence-electron chi connectivity index (χ1n) is 6.67. The predicted molar refractivity (Wildman–Crippen MR) is 85.3 cm³/mol. The van der Waals surface area contributed by atoms with Gasteiger partial charge >= 0.3 is 0 Å². The maximum atomic E-state index is 12.8. The Hall–Kier alpha value is -1.04. The summed E-state index contributed by atoms with van der Waals surface area (Å²) >= 11 is 1.26. The molecule has 23 heavy (non-hydrogen) atoms. The molecule has 0 heterocycles. The van der Waals surface area contributed by atoms with Crippen molar-refractivity contribution in [1.29, 1.82) is 0 Å². The number of hydrogen-bond donors (Lipinski definition) is 0. The second-order valence-corrected chi connectivity index (χ2v) is 5.77. The van der Waals surface area contributed by atoms with Gasteiger partial charge in [-0.1, -0.05) is 12.6 Å². The van der Waals surface area contributed by atoms with Crippen LogP contribution in [0.1, 0.15) is 12.5 Å². The van der Waals surface area contributed by atoms with Crippen molar-refractivity contribution in [2.75, 3.05) is 10.7 Å². The molecule has 2 aromatic carbocycles. The summed E-state index contributed by atoms with van der Waals surface area (Å²) < 4.78 is 12.8. The minimum atomic E-state index is -0.345. The van der Waals surface area contributed by atoms with Gasteiger partial charge in [-0.3, -0.25) is 9.59 Å². The molecule has 0 unspecified atom stereocenters. The summed E-state index contributed by atoms with van der Waals surface area (Å²) in [5.74, 6) is -0.892. The Morgan fingerprint density at radius 1 is 1.17 bits per heavy atom. The van der Waals surface area contributed by atoms with E-state index in [1.165, 1.54) is 30.8 Å². The molecule has 0 spiro atoms. The first kappa shape index (κ1) is 20.0. The van der Waals surface area contributed by atoms with E-state index >= 15 is 0 Å². The summed E-state index contributed by atoms with van der Waals surface area (Å²) in [6.07, 6.45) is 0. The van der Waals surface area contributed by atoms with E-state index in [0.29, 0.717) is 5.69 Å². The van der Waals surface area contributed by atoms with Crippen molar-refractivity contribution in [2.24, 2.45) is 0 Å². The Bertz CT molecular complexity index is 674. The van der Waals surface area contributed by atoms with Crippen LogP contribution in [-0.2, 0) is 42.3 Å². The molecule has 0 aromatic heterocycles. The van der Waals surface area contributed by atoms with E-state index in [1.54, 1.807) is 30.3 Å². The number of carbonyl (C=O) groups excluding carboxylic acids is 2. The summed E-state index contributed by atoms with van der Waals surface area (Å²) in [5.41, 5.74) is 1.43. The SMILES string of the molecule is CC(=O)N(C(=O)CSc1ccc(F)cc1)c1c[c-]c(C)cc1.[Y]. The van der Waals surface area contributed by atoms with Crippen LogP contribution in [0.2, 0.25) is 0 Å². The Morgan fingerprint density at radius 3 is 2.35 bits per heavy atom. The fraction of sp³-hybridized carbons (Fsp3) is 0.176. The van der Waals surface area contributed by atoms with Crippen molar-refractivity contribution >= 4 is 29.3 Å². The number of imide groups is 1. The fourth-order valence-electron chi connectivity index (χ4n) is 1.88. The average Bonchev–Trinajstić information content (AvgIpc) is 2.48. The molecule has 0 fully saturated rings. The molecule has 0 aliphatic carbocycles. The average molecular weight is 405 g/mol. The van der Waals surface area contributed by atoms with Crippen molar-refractivity contribution in [3.05, 3.63) is 59.9 Å². The van der Waals surface area contributed by atoms with Crippen LogP contribution in [0, 0.1) is 18.8 Å². The Kier molecular flexibility index (Phi) is 8.10. The van der Waals surface area contributed by atoms with Gasteiger partial charge < -0.3 is 4.90 Å². The van der Waals surface area contributed by atoms with Gasteiger partial charge in [0.1, 0.15) is 5.82 Å². The molecule has 6 heteroatoms. The molecule has 0 atom stereocenters. The maximum Gasteiger partial charge on any atom is 0.232 e. The number of amides is 2. The molecular formula is C17H15FNO2SY-. The Labute approximate surface area is 164 Å². The number of anilines is 1. The molecule has 2 aromatic rings. The molecule has 0 bridgehead atoms. The fourth-order valence-corrected chi connectivity index (χ4v) is 2.62. The molecule has 3 nitrogen and oxygen atoms in total. The van der Waals surface area contributed by atoms with Gasteiger partial charge in [-0.05, 0) is 24.3 Å². The number of carbonyl (C=O) groups is 2. The van der Waals surface area contributed by atoms with Gasteiger partial charge in [-0.15, -0.1) is 17.8 Å². The number of aryl methyl sites for hydroxylation is 1. The standard InChI is InChI=1S/C17H15FNO2S.Y/c1-12-3-7-15(8-4-12)19(13(2)20)17(21)11-22-16-9-5-14(18)6-10-16;/h3,5-10H,11H2,1-2H3;/q-1;. The number of benzene rings is 2. The predicted octanol–water partition coefficient (Wildman–Crippen LogP) is 3.60. The second-order valence-electron chi connectivity index (χ2n) is 4.72. The van der Waals surface area contributed by atoms with Crippen LogP contribution in [-0.4, -0.2) is 17.6 Å². The first-order chi connectivity index (χ1) is 10.5. The van der Waals surface area contributed by atoms with Crippen LogP contribution >= 0.6 is 11.8 Å². The van der Waals surface area contributed by atoms with Crippen molar-refractivity contribution in [3.8, 4) is 0 Å². The van der Waals surface area contributed by atoms with E-state index in [-0.39, 0.29) is 56.1 Å². The largest absolute Gasteiger partial charge is 0.306 e. The Morgan fingerprint density at radius 2 is 1.83 bits per heavy atom. The van der Waals surface area contributed by atoms with Gasteiger partial charge in [0, 0.05) is 44.5 Å². The van der Waals surface area contributed by atoms with Crippen LogP contribution in [0.3, 0.4) is 0 Å². The van der Waals surface area contributed by atoms with Crippen molar-refractivity contribution in [3.63, 3.8) is 0 Å². The molecule has 0 aliphatic heterocycles. The topological polar surface area (TPSA) is 37.4 Å². The summed E-state index contributed by atoms with van der Waals surface area (Å²) in [7, 11) is 0. The second kappa shape index (κ2) is 9.31. The zero-order valence-electron chi connectivity index (χ0n) is 12.9. The van der Waals surface area contributed by atoms with E-state index in [0.717, 1.165) is 15.4 Å². The van der Waals surface area contributed by atoms with Crippen LogP contribution in [0.4, 0.5) is 10.1 Å². The van der Waals surface area contributed by atoms with E-state index < -0.39 is 0 Å². The van der Waals surface area contributed by atoms with Crippen LogP contribution < -0.4 is 4.90 Å². The smallest absolute Gasteiger partial charge is 0.232 e. The third kappa shape index (κ3) is 5.83. The zero-order chi connectivity index (χ0) is 16.1. The number of rotatable bonds is 4. The van der Waals surface area contributed by atoms with Crippen molar-refractivity contribution < 1.29 is 46.7 Å². The van der Waals surface area contributed by atoms with Crippen LogP contribution in [0.5, 0.6) is 0 Å². The maximum absolute atomic E-state index is 12.8. The number of nitrogens with zero attached hydrogens (tertiary/aromatic N) is 1. The minimum absolute atomic E-state index is 0. The van der Waals surface area contributed by atoms with Gasteiger partial charge in [0.15, 0.2) is 0 Å². The summed E-state index contributed by atoms with van der Waals surface area (Å²) in [6, 6.07) is 14.0. The number of hydrogen-bond acceptors (Lipinski definition) is 3. The van der Waals surface area contributed by atoms with Gasteiger partial charge in [-0.25, -0.2) is 4.39 Å². The minimum Gasteiger partial charge on any atom is -0.306 e. The van der Waals surface area contributed by atoms with E-state index in [1.807, 2.05) is 6.92 Å². The molecule has 0 N–H and O–H groups in total. The monoisotopic (exact) mass is 405 g/mol. The van der Waals surface area contributed by atoms with Gasteiger partial charge in [0.2, 0.25) is 11.8 Å². The molecular weight excluding hydrogens is 390 g/mol. The molecule has 2 amide bonds. The van der Waals surface area contributed by atoms with Gasteiger partial charge in [0.05, 0.1) is 5.75 Å². The van der Waals surface area contributed by atoms with Crippen LogP contribution in [0.25, 0.3) is 0 Å². The summed E-state index contributed by atoms with van der Waals surface area (Å²) in [4.78, 5) is 26.0. The molecule has 1 radical (unpaired) electrons. The summed E-state index contributed by atoms with van der Waals surface area (Å²) in [6.45, 7) is 3.23. The van der Waals surface area contributed by atoms with Gasteiger partial charge in [-0.2, -0.15) is 23.8 Å². The number of thioether (sulfide) groups is 1. The molecule has 0 saturated heterocycles. The molecule has 0 aliphatic rings. The summed E-state index contributed by atoms with van der Waals surface area (Å²) in [5, 5.41) is 0. The van der Waals surface area contributed by atoms with Crippen molar-refractivity contribution in [1.82, 2.24) is 0 Å². The van der Waals surface area contributed by atoms with Crippen LogP contribution in [0.15, 0.2) is 47.4 Å². The molecule has 2 rings (SSSR count). The van der Waals surface area contributed by atoms with Gasteiger partial charge in [0.25, 0.3) is 0 Å². The van der Waals surface area contributed by atoms with E-state index in [4.69, 9.17) is 0 Å². The van der Waals surface area contributed by atoms with Crippen molar-refractivity contribution in [2.45, 2.75) is 18.7 Å². The Balaban J connectivity index is 0.00000264. The zero-order valence-corrected chi connectivity index (χ0v) is 16.5. The third-order valence-corrected chi connectivity index (χ3v) is 3.95. The van der Waals surface area contributed by atoms with E-state index in [9.17, 15) is 14.0 Å². The normalized spacial score (nSPS) is 9.87. The third-order valence-electron chi connectivity index (χ3n) is 2.95. The molecule has 0 saturated carbocycles.